The average molecular weight is 158 g/mol. The second-order valence-electron chi connectivity index (χ2n) is 2.42. The number of hydrogen-bond acceptors (Lipinski definition) is 3. The van der Waals surface area contributed by atoms with Gasteiger partial charge in [-0.05, 0) is 12.1 Å². The smallest absolute Gasteiger partial charge is 0.137 e. The van der Waals surface area contributed by atoms with Crippen LogP contribution in [0.4, 0.5) is 0 Å². The lowest BCUT2D eigenvalue weighted by Gasteiger charge is -1.93. The highest BCUT2D eigenvalue weighted by molar-refractivity contribution is 5.79. The zero-order valence-corrected chi connectivity index (χ0v) is 6.32. The number of pyridine rings is 1. The first-order chi connectivity index (χ1) is 5.92. The van der Waals surface area contributed by atoms with Crippen molar-refractivity contribution in [1.29, 1.82) is 5.26 Å². The topological polar surface area (TPSA) is 49.8 Å². The van der Waals surface area contributed by atoms with Gasteiger partial charge < -0.3 is 4.42 Å². The summed E-state index contributed by atoms with van der Waals surface area (Å²) < 4.78 is 5.16. The Balaban J connectivity index is 2.67. The standard InChI is InChI=1S/C9H6N2O/c10-4-1-8-7-3-6-12-9(7)2-5-11-8/h2-3,5-6H,1H2. The van der Waals surface area contributed by atoms with E-state index in [4.69, 9.17) is 9.68 Å². The van der Waals surface area contributed by atoms with Crippen LogP contribution in [0.25, 0.3) is 11.0 Å². The third kappa shape index (κ3) is 0.940. The van der Waals surface area contributed by atoms with Crippen LogP contribution in [0, 0.1) is 11.3 Å². The van der Waals surface area contributed by atoms with E-state index in [1.54, 1.807) is 18.5 Å². The Kier molecular flexibility index (Phi) is 1.52. The molecule has 3 heteroatoms. The van der Waals surface area contributed by atoms with E-state index < -0.39 is 0 Å². The van der Waals surface area contributed by atoms with E-state index in [2.05, 4.69) is 11.1 Å². The molecule has 0 N–H and O–H groups in total. The largest absolute Gasteiger partial charge is 0.464 e. The molecule has 2 aromatic heterocycles. The molecular weight excluding hydrogens is 152 g/mol. The SMILES string of the molecule is N#CCc1nccc2occc12. The van der Waals surface area contributed by atoms with Crippen LogP contribution < -0.4 is 0 Å². The fraction of sp³-hybridized carbons (Fsp3) is 0.111. The molecule has 0 amide bonds. The van der Waals surface area contributed by atoms with Crippen molar-refractivity contribution in [2.45, 2.75) is 6.42 Å². The van der Waals surface area contributed by atoms with Gasteiger partial charge in [0.05, 0.1) is 24.4 Å². The summed E-state index contributed by atoms with van der Waals surface area (Å²) in [6.07, 6.45) is 3.59. The molecule has 0 aliphatic rings. The van der Waals surface area contributed by atoms with Gasteiger partial charge in [-0.15, -0.1) is 0 Å². The van der Waals surface area contributed by atoms with Crippen LogP contribution in [0.1, 0.15) is 5.69 Å². The molecule has 2 rings (SSSR count). The number of nitriles is 1. The van der Waals surface area contributed by atoms with E-state index in [0.717, 1.165) is 16.7 Å². The molecule has 3 nitrogen and oxygen atoms in total. The lowest BCUT2D eigenvalue weighted by Crippen LogP contribution is -1.86. The van der Waals surface area contributed by atoms with Gasteiger partial charge in [0.25, 0.3) is 0 Å². The van der Waals surface area contributed by atoms with E-state index >= 15 is 0 Å². The first-order valence-corrected chi connectivity index (χ1v) is 3.60. The summed E-state index contributed by atoms with van der Waals surface area (Å²) >= 11 is 0. The normalized spacial score (nSPS) is 9.92. The van der Waals surface area contributed by atoms with Crippen LogP contribution in [-0.2, 0) is 6.42 Å². The molecule has 0 fully saturated rings. The Hall–Kier alpha value is -1.82. The fourth-order valence-corrected chi connectivity index (χ4v) is 1.17. The maximum Gasteiger partial charge on any atom is 0.137 e. The predicted molar refractivity (Wildman–Crippen MR) is 43.3 cm³/mol. The van der Waals surface area contributed by atoms with E-state index in [9.17, 15) is 0 Å². The van der Waals surface area contributed by atoms with E-state index in [-0.39, 0.29) is 0 Å². The lowest BCUT2D eigenvalue weighted by molar-refractivity contribution is 0.615. The van der Waals surface area contributed by atoms with Crippen molar-refractivity contribution in [3.63, 3.8) is 0 Å². The van der Waals surface area contributed by atoms with E-state index in [1.807, 2.05) is 6.07 Å². The fourth-order valence-electron chi connectivity index (χ4n) is 1.17. The second-order valence-corrected chi connectivity index (χ2v) is 2.42. The Labute approximate surface area is 69.2 Å². The molecular formula is C9H6N2O. The minimum Gasteiger partial charge on any atom is -0.464 e. The van der Waals surface area contributed by atoms with Gasteiger partial charge in [0.2, 0.25) is 0 Å². The molecule has 0 radical (unpaired) electrons. The van der Waals surface area contributed by atoms with Gasteiger partial charge in [-0.3, -0.25) is 4.98 Å². The monoisotopic (exact) mass is 158 g/mol. The molecule has 0 bridgehead atoms. The number of nitrogens with zero attached hydrogens (tertiary/aromatic N) is 2. The van der Waals surface area contributed by atoms with Gasteiger partial charge in [-0.1, -0.05) is 0 Å². The molecule has 0 saturated carbocycles. The third-order valence-corrected chi connectivity index (χ3v) is 1.71. The molecule has 58 valence electrons. The zero-order chi connectivity index (χ0) is 8.39. The van der Waals surface area contributed by atoms with Crippen LogP contribution in [0.3, 0.4) is 0 Å². The molecule has 0 saturated heterocycles. The summed E-state index contributed by atoms with van der Waals surface area (Å²) in [6.45, 7) is 0. The summed E-state index contributed by atoms with van der Waals surface area (Å²) in [5.41, 5.74) is 1.57. The number of furan rings is 1. The Morgan fingerprint density at radius 1 is 1.50 bits per heavy atom. The Bertz CT molecular complexity index is 439. The van der Waals surface area contributed by atoms with Crippen molar-refractivity contribution in [3.8, 4) is 6.07 Å². The van der Waals surface area contributed by atoms with E-state index in [1.165, 1.54) is 0 Å². The molecule has 0 aliphatic heterocycles. The van der Waals surface area contributed by atoms with Crippen molar-refractivity contribution >= 4 is 11.0 Å². The van der Waals surface area contributed by atoms with Crippen molar-refractivity contribution < 1.29 is 4.42 Å². The third-order valence-electron chi connectivity index (χ3n) is 1.71. The van der Waals surface area contributed by atoms with Gasteiger partial charge in [0.15, 0.2) is 0 Å². The van der Waals surface area contributed by atoms with Gasteiger partial charge in [0.1, 0.15) is 5.58 Å². The first kappa shape index (κ1) is 6.86. The zero-order valence-electron chi connectivity index (χ0n) is 6.32. The van der Waals surface area contributed by atoms with Crippen LogP contribution in [0.15, 0.2) is 29.0 Å². The number of fused-ring (bicyclic) bond motifs is 1. The summed E-state index contributed by atoms with van der Waals surface area (Å²) in [5, 5.41) is 9.43. The van der Waals surface area contributed by atoms with Crippen molar-refractivity contribution in [1.82, 2.24) is 4.98 Å². The van der Waals surface area contributed by atoms with Crippen molar-refractivity contribution in [2.24, 2.45) is 0 Å². The van der Waals surface area contributed by atoms with Crippen LogP contribution in [0.5, 0.6) is 0 Å². The van der Waals surface area contributed by atoms with Crippen LogP contribution in [0.2, 0.25) is 0 Å². The van der Waals surface area contributed by atoms with E-state index in [0.29, 0.717) is 6.42 Å². The number of rotatable bonds is 1. The summed E-state index contributed by atoms with van der Waals surface area (Å²) in [7, 11) is 0. The molecule has 12 heavy (non-hydrogen) atoms. The molecule has 2 heterocycles. The van der Waals surface area contributed by atoms with Crippen molar-refractivity contribution in [2.75, 3.05) is 0 Å². The van der Waals surface area contributed by atoms with Crippen LogP contribution >= 0.6 is 0 Å². The molecule has 0 atom stereocenters. The maximum absolute atomic E-state index is 8.50. The van der Waals surface area contributed by atoms with Crippen molar-refractivity contribution in [3.05, 3.63) is 30.3 Å². The lowest BCUT2D eigenvalue weighted by atomic mass is 10.2. The first-order valence-electron chi connectivity index (χ1n) is 3.60. The molecule has 0 aromatic carbocycles. The average Bonchev–Trinajstić information content (AvgIpc) is 2.53. The Morgan fingerprint density at radius 3 is 3.25 bits per heavy atom. The summed E-state index contributed by atoms with van der Waals surface area (Å²) in [6, 6.07) is 5.68. The Morgan fingerprint density at radius 2 is 2.42 bits per heavy atom. The predicted octanol–water partition coefficient (Wildman–Crippen LogP) is 1.89. The van der Waals surface area contributed by atoms with Gasteiger partial charge in [0, 0.05) is 11.6 Å². The highest BCUT2D eigenvalue weighted by atomic mass is 16.3. The van der Waals surface area contributed by atoms with Gasteiger partial charge >= 0.3 is 0 Å². The summed E-state index contributed by atoms with van der Waals surface area (Å²) in [4.78, 5) is 4.09. The quantitative estimate of drug-likeness (QED) is 0.636. The van der Waals surface area contributed by atoms with Crippen LogP contribution in [-0.4, -0.2) is 4.98 Å². The minimum atomic E-state index is 0.330. The number of hydrogen-bond donors (Lipinski definition) is 0. The minimum absolute atomic E-state index is 0.330. The maximum atomic E-state index is 8.50. The highest BCUT2D eigenvalue weighted by Gasteiger charge is 2.02. The molecule has 0 spiro atoms. The second kappa shape index (κ2) is 2.67. The molecule has 2 aromatic rings. The molecule has 0 aliphatic carbocycles. The van der Waals surface area contributed by atoms with Gasteiger partial charge in [-0.2, -0.15) is 5.26 Å². The van der Waals surface area contributed by atoms with Gasteiger partial charge in [-0.25, -0.2) is 0 Å². The molecule has 0 unspecified atom stereocenters. The highest BCUT2D eigenvalue weighted by Crippen LogP contribution is 2.17. The number of aromatic nitrogens is 1. The summed E-state index contributed by atoms with van der Waals surface area (Å²) in [5.74, 6) is 0.